The molecule has 0 aromatic carbocycles. The Bertz CT molecular complexity index is 613. The zero-order chi connectivity index (χ0) is 19.9. The highest BCUT2D eigenvalue weighted by atomic mass is 32.3. The molecule has 3 aliphatic rings. The van der Waals surface area contributed by atoms with Gasteiger partial charge in [0.05, 0.1) is 19.3 Å². The van der Waals surface area contributed by atoms with Crippen LogP contribution in [0, 0.1) is 0 Å². The lowest BCUT2D eigenvalue weighted by Crippen LogP contribution is -2.63. The van der Waals surface area contributed by atoms with E-state index in [1.54, 1.807) is 6.92 Å². The fourth-order valence-electron chi connectivity index (χ4n) is 3.64. The van der Waals surface area contributed by atoms with E-state index in [1.807, 2.05) is 0 Å². The number of hydrogen-bond donors (Lipinski definition) is 4. The molecule has 4 N–H and O–H groups in total. The van der Waals surface area contributed by atoms with Crippen molar-refractivity contribution in [3.05, 3.63) is 0 Å². The average molecular weight is 416 g/mol. The van der Waals surface area contributed by atoms with Crippen LogP contribution in [0.25, 0.3) is 0 Å². The molecule has 3 rings (SSSR count). The molecule has 3 saturated heterocycles. The Labute approximate surface area is 155 Å². The Kier molecular flexibility index (Phi) is 6.39. The SMILES string of the molecule is COC1C(O)C(OC2C3CO[C@@H]2C(O)C(C)O3)OC(CO)C1OS(=O)(=O)O. The summed E-state index contributed by atoms with van der Waals surface area (Å²) < 4.78 is 62.9. The predicted molar refractivity (Wildman–Crippen MR) is 83.9 cm³/mol. The summed E-state index contributed by atoms with van der Waals surface area (Å²) in [7, 11) is -3.71. The molecular weight excluding hydrogens is 392 g/mol. The summed E-state index contributed by atoms with van der Waals surface area (Å²) in [5.41, 5.74) is 0. The van der Waals surface area contributed by atoms with Gasteiger partial charge in [0.2, 0.25) is 0 Å². The molecule has 0 amide bonds. The third-order valence-electron chi connectivity index (χ3n) is 4.94. The van der Waals surface area contributed by atoms with Gasteiger partial charge in [0, 0.05) is 7.11 Å². The van der Waals surface area contributed by atoms with E-state index in [0.717, 1.165) is 0 Å². The summed E-state index contributed by atoms with van der Waals surface area (Å²) in [6, 6.07) is 0. The van der Waals surface area contributed by atoms with Crippen molar-refractivity contribution in [2.75, 3.05) is 20.3 Å². The van der Waals surface area contributed by atoms with E-state index in [4.69, 9.17) is 28.2 Å². The van der Waals surface area contributed by atoms with Gasteiger partial charge in [0.25, 0.3) is 0 Å². The van der Waals surface area contributed by atoms with Crippen LogP contribution in [0.2, 0.25) is 0 Å². The van der Waals surface area contributed by atoms with E-state index in [2.05, 4.69) is 4.18 Å². The monoisotopic (exact) mass is 416 g/mol. The topological polar surface area (TPSA) is 170 Å². The van der Waals surface area contributed by atoms with Crippen LogP contribution in [0.15, 0.2) is 0 Å². The second-order valence-corrected chi connectivity index (χ2v) is 7.72. The van der Waals surface area contributed by atoms with Crippen molar-refractivity contribution in [1.82, 2.24) is 0 Å². The van der Waals surface area contributed by atoms with Gasteiger partial charge in [0.1, 0.15) is 48.8 Å². The first-order valence-electron chi connectivity index (χ1n) is 8.39. The third kappa shape index (κ3) is 4.28. The molecule has 0 spiro atoms. The number of methoxy groups -OCH3 is 1. The first kappa shape index (κ1) is 21.3. The van der Waals surface area contributed by atoms with E-state index in [-0.39, 0.29) is 6.61 Å². The first-order valence-corrected chi connectivity index (χ1v) is 9.76. The normalized spacial score (nSPS) is 47.9. The van der Waals surface area contributed by atoms with E-state index in [0.29, 0.717) is 0 Å². The molecule has 2 bridgehead atoms. The number of hydrogen-bond acceptors (Lipinski definition) is 11. The van der Waals surface area contributed by atoms with Crippen molar-refractivity contribution in [2.24, 2.45) is 0 Å². The second kappa shape index (κ2) is 8.12. The number of aliphatic hydroxyl groups is 3. The molecule has 0 aliphatic carbocycles. The maximum absolute atomic E-state index is 11.1. The highest BCUT2D eigenvalue weighted by Gasteiger charge is 2.54. The van der Waals surface area contributed by atoms with Gasteiger partial charge in [-0.05, 0) is 6.92 Å². The molecule has 3 aliphatic heterocycles. The van der Waals surface area contributed by atoms with Crippen LogP contribution < -0.4 is 0 Å². The molecular formula is C14H24O12S. The molecule has 0 aromatic heterocycles. The van der Waals surface area contributed by atoms with Gasteiger partial charge in [-0.1, -0.05) is 0 Å². The molecule has 13 heteroatoms. The lowest BCUT2D eigenvalue weighted by molar-refractivity contribution is -0.327. The van der Waals surface area contributed by atoms with E-state index in [1.165, 1.54) is 7.11 Å². The summed E-state index contributed by atoms with van der Waals surface area (Å²) in [5, 5.41) is 30.2. The molecule has 3 fully saturated rings. The molecule has 10 atom stereocenters. The number of fused-ring (bicyclic) bond motifs is 2. The van der Waals surface area contributed by atoms with Crippen LogP contribution in [0.3, 0.4) is 0 Å². The van der Waals surface area contributed by atoms with Crippen molar-refractivity contribution in [2.45, 2.75) is 68.1 Å². The largest absolute Gasteiger partial charge is 0.397 e. The van der Waals surface area contributed by atoms with Gasteiger partial charge in [-0.25, -0.2) is 4.18 Å². The Morgan fingerprint density at radius 2 is 1.81 bits per heavy atom. The third-order valence-corrected chi connectivity index (χ3v) is 5.41. The van der Waals surface area contributed by atoms with Gasteiger partial charge >= 0.3 is 10.4 Å². The minimum Gasteiger partial charge on any atom is -0.394 e. The summed E-state index contributed by atoms with van der Waals surface area (Å²) in [5.74, 6) is 0. The average Bonchev–Trinajstić information content (AvgIpc) is 2.90. The Morgan fingerprint density at radius 1 is 1.11 bits per heavy atom. The van der Waals surface area contributed by atoms with Crippen molar-refractivity contribution in [3.8, 4) is 0 Å². The molecule has 9 unspecified atom stereocenters. The lowest BCUT2D eigenvalue weighted by atomic mass is 9.97. The Hall–Kier alpha value is -0.450. The van der Waals surface area contributed by atoms with E-state index in [9.17, 15) is 23.7 Å². The molecule has 0 radical (unpaired) electrons. The van der Waals surface area contributed by atoms with Gasteiger partial charge in [-0.2, -0.15) is 8.42 Å². The molecule has 0 aromatic rings. The lowest BCUT2D eigenvalue weighted by Gasteiger charge is -2.45. The number of rotatable bonds is 6. The van der Waals surface area contributed by atoms with Gasteiger partial charge in [0.15, 0.2) is 6.29 Å². The molecule has 158 valence electrons. The predicted octanol–water partition coefficient (Wildman–Crippen LogP) is -2.80. The van der Waals surface area contributed by atoms with E-state index < -0.39 is 78.2 Å². The first-order chi connectivity index (χ1) is 12.7. The molecule has 3 heterocycles. The van der Waals surface area contributed by atoms with E-state index >= 15 is 0 Å². The smallest absolute Gasteiger partial charge is 0.394 e. The van der Waals surface area contributed by atoms with Crippen molar-refractivity contribution < 1.29 is 56.2 Å². The van der Waals surface area contributed by atoms with Crippen molar-refractivity contribution >= 4 is 10.4 Å². The van der Waals surface area contributed by atoms with Crippen molar-refractivity contribution in [3.63, 3.8) is 0 Å². The van der Waals surface area contributed by atoms with Crippen molar-refractivity contribution in [1.29, 1.82) is 0 Å². The maximum atomic E-state index is 11.1. The highest BCUT2D eigenvalue weighted by Crippen LogP contribution is 2.35. The van der Waals surface area contributed by atoms with Crippen LogP contribution >= 0.6 is 0 Å². The van der Waals surface area contributed by atoms with Gasteiger partial charge < -0.3 is 39.0 Å². The summed E-state index contributed by atoms with van der Waals surface area (Å²) in [4.78, 5) is 0. The van der Waals surface area contributed by atoms with Gasteiger partial charge in [-0.15, -0.1) is 0 Å². The molecule has 0 saturated carbocycles. The number of ether oxygens (including phenoxy) is 5. The fraction of sp³-hybridized carbons (Fsp3) is 1.00. The fourth-order valence-corrected chi connectivity index (χ4v) is 4.16. The van der Waals surface area contributed by atoms with Gasteiger partial charge in [-0.3, -0.25) is 4.55 Å². The maximum Gasteiger partial charge on any atom is 0.397 e. The summed E-state index contributed by atoms with van der Waals surface area (Å²) in [6.07, 6.45) is -10.3. The second-order valence-electron chi connectivity index (χ2n) is 6.67. The zero-order valence-corrected chi connectivity index (χ0v) is 15.5. The Morgan fingerprint density at radius 3 is 2.41 bits per heavy atom. The van der Waals surface area contributed by atoms with Crippen LogP contribution in [0.1, 0.15) is 6.92 Å². The minimum absolute atomic E-state index is 0.186. The van der Waals surface area contributed by atoms with Crippen LogP contribution in [-0.4, -0.2) is 110 Å². The summed E-state index contributed by atoms with van der Waals surface area (Å²) >= 11 is 0. The highest BCUT2D eigenvalue weighted by molar-refractivity contribution is 7.80. The Balaban J connectivity index is 1.75. The summed E-state index contributed by atoms with van der Waals surface area (Å²) in [6.45, 7) is 1.18. The van der Waals surface area contributed by atoms with Crippen LogP contribution in [0.4, 0.5) is 0 Å². The zero-order valence-electron chi connectivity index (χ0n) is 14.7. The van der Waals surface area contributed by atoms with Crippen LogP contribution in [0.5, 0.6) is 0 Å². The van der Waals surface area contributed by atoms with Crippen LogP contribution in [-0.2, 0) is 38.3 Å². The molecule has 12 nitrogen and oxygen atoms in total. The quantitative estimate of drug-likeness (QED) is 0.328. The molecule has 27 heavy (non-hydrogen) atoms. The number of aliphatic hydroxyl groups excluding tert-OH is 3. The standard InChI is InChI=1S/C14H24O12S/c1-5-8(16)13-10(7(23-5)4-22-13)25-14-9(17)12(21-2)11(6(3-15)24-14)26-27(18,19)20/h5-17H,3-4H2,1-2H3,(H,18,19,20)/t5?,6?,7?,8?,9?,10?,11?,12?,13-,14?/m1/s1. The minimum atomic E-state index is -4.89.